The van der Waals surface area contributed by atoms with Crippen molar-refractivity contribution in [3.8, 4) is 0 Å². The SMILES string of the molecule is C=CCNC(=NCC(=O)N(C)C)N1CCN(c2nc(CC)ns2)CC1. The van der Waals surface area contributed by atoms with Gasteiger partial charge >= 0.3 is 0 Å². The maximum atomic E-state index is 11.8. The van der Waals surface area contributed by atoms with E-state index in [4.69, 9.17) is 0 Å². The van der Waals surface area contributed by atoms with E-state index in [0.29, 0.717) is 6.54 Å². The van der Waals surface area contributed by atoms with Crippen LogP contribution < -0.4 is 10.2 Å². The molecule has 0 radical (unpaired) electrons. The highest BCUT2D eigenvalue weighted by molar-refractivity contribution is 7.09. The minimum Gasteiger partial charge on any atom is -0.353 e. The predicted octanol–water partition coefficient (Wildman–Crippen LogP) is 0.442. The number of piperazine rings is 1. The molecule has 1 N–H and O–H groups in total. The minimum absolute atomic E-state index is 0.0162. The summed E-state index contributed by atoms with van der Waals surface area (Å²) in [5.41, 5.74) is 0. The largest absolute Gasteiger partial charge is 0.353 e. The molecule has 1 aromatic heterocycles. The second kappa shape index (κ2) is 9.36. The molecule has 0 bridgehead atoms. The number of nitrogens with zero attached hydrogens (tertiary/aromatic N) is 6. The zero-order chi connectivity index (χ0) is 18.2. The molecule has 0 unspecified atom stereocenters. The van der Waals surface area contributed by atoms with Crippen molar-refractivity contribution in [3.63, 3.8) is 0 Å². The fourth-order valence-corrected chi connectivity index (χ4v) is 3.14. The first kappa shape index (κ1) is 19.2. The first-order chi connectivity index (χ1) is 12.0. The smallest absolute Gasteiger partial charge is 0.243 e. The van der Waals surface area contributed by atoms with E-state index >= 15 is 0 Å². The zero-order valence-corrected chi connectivity index (χ0v) is 16.1. The van der Waals surface area contributed by atoms with E-state index < -0.39 is 0 Å². The van der Waals surface area contributed by atoms with Crippen LogP contribution in [0.25, 0.3) is 0 Å². The van der Waals surface area contributed by atoms with Gasteiger partial charge in [-0.2, -0.15) is 4.37 Å². The van der Waals surface area contributed by atoms with Gasteiger partial charge in [0.2, 0.25) is 11.0 Å². The van der Waals surface area contributed by atoms with E-state index in [0.717, 1.165) is 49.5 Å². The number of hydrogen-bond acceptors (Lipinski definition) is 6. The minimum atomic E-state index is -0.0162. The van der Waals surface area contributed by atoms with Gasteiger partial charge in [-0.05, 0) is 0 Å². The van der Waals surface area contributed by atoms with E-state index in [2.05, 4.69) is 43.0 Å². The lowest BCUT2D eigenvalue weighted by atomic mass is 10.3. The molecule has 1 aromatic rings. The van der Waals surface area contributed by atoms with Crippen LogP contribution in [0.2, 0.25) is 0 Å². The third kappa shape index (κ3) is 5.42. The molecule has 0 atom stereocenters. The summed E-state index contributed by atoms with van der Waals surface area (Å²) in [5, 5.41) is 4.23. The predicted molar refractivity (Wildman–Crippen MR) is 102 cm³/mol. The van der Waals surface area contributed by atoms with Crippen LogP contribution in [0.1, 0.15) is 12.7 Å². The Bertz CT molecular complexity index is 605. The molecule has 8 nitrogen and oxygen atoms in total. The summed E-state index contributed by atoms with van der Waals surface area (Å²) < 4.78 is 4.36. The number of guanidine groups is 1. The van der Waals surface area contributed by atoms with Gasteiger partial charge in [0.05, 0.1) is 0 Å². The van der Waals surface area contributed by atoms with Crippen LogP contribution in [-0.4, -0.2) is 84.4 Å². The molecule has 2 rings (SSSR count). The molecule has 1 saturated heterocycles. The highest BCUT2D eigenvalue weighted by Crippen LogP contribution is 2.19. The number of anilines is 1. The van der Waals surface area contributed by atoms with Crippen molar-refractivity contribution < 1.29 is 4.79 Å². The Morgan fingerprint density at radius 2 is 2.12 bits per heavy atom. The molecule has 2 heterocycles. The summed E-state index contributed by atoms with van der Waals surface area (Å²) >= 11 is 1.46. The summed E-state index contributed by atoms with van der Waals surface area (Å²) in [6.45, 7) is 9.90. The van der Waals surface area contributed by atoms with Gasteiger partial charge in [0.25, 0.3) is 0 Å². The van der Waals surface area contributed by atoms with Crippen LogP contribution in [0.5, 0.6) is 0 Å². The van der Waals surface area contributed by atoms with Gasteiger partial charge in [-0.15, -0.1) is 6.58 Å². The Morgan fingerprint density at radius 1 is 1.40 bits per heavy atom. The summed E-state index contributed by atoms with van der Waals surface area (Å²) in [5.74, 6) is 1.64. The molecule has 0 spiro atoms. The zero-order valence-electron chi connectivity index (χ0n) is 15.2. The quantitative estimate of drug-likeness (QED) is 0.448. The van der Waals surface area contributed by atoms with Crippen LogP contribution in [0.4, 0.5) is 5.13 Å². The third-order valence-electron chi connectivity index (χ3n) is 3.89. The fraction of sp³-hybridized carbons (Fsp3) is 0.625. The normalized spacial score (nSPS) is 15.2. The highest BCUT2D eigenvalue weighted by atomic mass is 32.1. The topological polar surface area (TPSA) is 77.0 Å². The van der Waals surface area contributed by atoms with Crippen molar-refractivity contribution in [1.82, 2.24) is 24.5 Å². The van der Waals surface area contributed by atoms with Crippen LogP contribution in [0.15, 0.2) is 17.6 Å². The molecular formula is C16H27N7OS. The van der Waals surface area contributed by atoms with Gasteiger partial charge in [-0.25, -0.2) is 9.98 Å². The van der Waals surface area contributed by atoms with Gasteiger partial charge in [0.1, 0.15) is 12.4 Å². The van der Waals surface area contributed by atoms with Crippen LogP contribution in [-0.2, 0) is 11.2 Å². The Labute approximate surface area is 153 Å². The standard InChI is InChI=1S/C16H27N7OS/c1-5-7-17-15(18-12-14(24)21(3)4)22-8-10-23(11-9-22)16-19-13(6-2)20-25-16/h5H,1,6-12H2,2-4H3,(H,17,18). The Kier molecular flexibility index (Phi) is 7.17. The van der Waals surface area contributed by atoms with E-state index in [1.54, 1.807) is 25.1 Å². The number of carbonyl (C=O) groups is 1. The summed E-state index contributed by atoms with van der Waals surface area (Å²) in [4.78, 5) is 26.8. The van der Waals surface area contributed by atoms with Gasteiger partial charge < -0.3 is 20.0 Å². The number of rotatable bonds is 6. The van der Waals surface area contributed by atoms with E-state index in [1.165, 1.54) is 11.5 Å². The molecule has 0 aliphatic carbocycles. The van der Waals surface area contributed by atoms with Crippen molar-refractivity contribution in [2.75, 3.05) is 58.3 Å². The van der Waals surface area contributed by atoms with Gasteiger partial charge in [0.15, 0.2) is 5.96 Å². The van der Waals surface area contributed by atoms with Gasteiger partial charge in [-0.1, -0.05) is 13.0 Å². The lowest BCUT2D eigenvalue weighted by Crippen LogP contribution is -2.52. The third-order valence-corrected chi connectivity index (χ3v) is 4.71. The van der Waals surface area contributed by atoms with Crippen LogP contribution in [0.3, 0.4) is 0 Å². The monoisotopic (exact) mass is 365 g/mol. The Morgan fingerprint density at radius 3 is 2.68 bits per heavy atom. The lowest BCUT2D eigenvalue weighted by molar-refractivity contribution is -0.127. The number of aryl methyl sites for hydroxylation is 1. The number of likely N-dealkylation sites (N-methyl/N-ethyl adjacent to an activating group) is 1. The lowest BCUT2D eigenvalue weighted by Gasteiger charge is -2.36. The Balaban J connectivity index is 1.96. The maximum absolute atomic E-state index is 11.8. The van der Waals surface area contributed by atoms with Crippen LogP contribution >= 0.6 is 11.5 Å². The molecule has 138 valence electrons. The number of aliphatic imine (C=N–C) groups is 1. The highest BCUT2D eigenvalue weighted by Gasteiger charge is 2.22. The number of aromatic nitrogens is 2. The first-order valence-electron chi connectivity index (χ1n) is 8.47. The molecular weight excluding hydrogens is 338 g/mol. The van der Waals surface area contributed by atoms with Gasteiger partial charge in [-0.3, -0.25) is 4.79 Å². The first-order valence-corrected chi connectivity index (χ1v) is 9.24. The summed E-state index contributed by atoms with van der Waals surface area (Å²) in [6, 6.07) is 0. The van der Waals surface area contributed by atoms with E-state index in [1.807, 2.05) is 0 Å². The molecule has 1 aliphatic rings. The van der Waals surface area contributed by atoms with Crippen molar-refractivity contribution in [2.45, 2.75) is 13.3 Å². The average Bonchev–Trinajstić information content (AvgIpc) is 3.11. The van der Waals surface area contributed by atoms with Crippen molar-refractivity contribution in [3.05, 3.63) is 18.5 Å². The molecule has 0 saturated carbocycles. The molecule has 1 aliphatic heterocycles. The number of nitrogens with one attached hydrogen (secondary N) is 1. The number of hydrogen-bond donors (Lipinski definition) is 1. The number of amides is 1. The van der Waals surface area contributed by atoms with Crippen LogP contribution in [0, 0.1) is 0 Å². The van der Waals surface area contributed by atoms with E-state index in [-0.39, 0.29) is 12.5 Å². The summed E-state index contributed by atoms with van der Waals surface area (Å²) in [6.07, 6.45) is 2.64. The Hall–Kier alpha value is -2.16. The average molecular weight is 366 g/mol. The molecule has 25 heavy (non-hydrogen) atoms. The second-order valence-corrected chi connectivity index (χ2v) is 6.65. The molecule has 9 heteroatoms. The molecule has 0 aromatic carbocycles. The van der Waals surface area contributed by atoms with Crippen molar-refractivity contribution in [2.24, 2.45) is 4.99 Å². The van der Waals surface area contributed by atoms with Crippen molar-refractivity contribution >= 4 is 28.5 Å². The molecule has 1 fully saturated rings. The van der Waals surface area contributed by atoms with Crippen molar-refractivity contribution in [1.29, 1.82) is 0 Å². The maximum Gasteiger partial charge on any atom is 0.243 e. The second-order valence-electron chi connectivity index (χ2n) is 5.92. The molecule has 1 amide bonds. The summed E-state index contributed by atoms with van der Waals surface area (Å²) in [7, 11) is 3.47. The van der Waals surface area contributed by atoms with E-state index in [9.17, 15) is 4.79 Å². The fourth-order valence-electron chi connectivity index (χ4n) is 2.34. The van der Waals surface area contributed by atoms with Gasteiger partial charge in [0, 0.05) is 64.8 Å². The number of carbonyl (C=O) groups excluding carboxylic acids is 1.